The highest BCUT2D eigenvalue weighted by Crippen LogP contribution is 2.31. The van der Waals surface area contributed by atoms with Crippen LogP contribution in [0.1, 0.15) is 30.0 Å². The molecule has 1 heterocycles. The molecule has 1 aliphatic heterocycles. The number of nitrogens with zero attached hydrogens (tertiary/aromatic N) is 1. The number of benzene rings is 2. The van der Waals surface area contributed by atoms with Gasteiger partial charge in [-0.25, -0.2) is 4.39 Å². The fourth-order valence-electron chi connectivity index (χ4n) is 3.07. The van der Waals surface area contributed by atoms with Crippen LogP contribution >= 0.6 is 0 Å². The molecule has 20 heavy (non-hydrogen) atoms. The summed E-state index contributed by atoms with van der Waals surface area (Å²) in [6.45, 7) is 1.50. The molecule has 1 saturated heterocycles. The average molecular weight is 269 g/mol. The minimum Gasteiger partial charge on any atom is -0.289 e. The Kier molecular flexibility index (Phi) is 4.12. The minimum absolute atomic E-state index is 0.163. The molecule has 1 aliphatic rings. The molecule has 2 aromatic carbocycles. The van der Waals surface area contributed by atoms with Crippen LogP contribution < -0.4 is 0 Å². The maximum atomic E-state index is 13.8. The zero-order valence-corrected chi connectivity index (χ0v) is 11.6. The second-order valence-corrected chi connectivity index (χ2v) is 5.46. The highest BCUT2D eigenvalue weighted by atomic mass is 19.1. The summed E-state index contributed by atoms with van der Waals surface area (Å²) in [5, 5.41) is 0. The van der Waals surface area contributed by atoms with E-state index in [-0.39, 0.29) is 6.04 Å². The number of halogens is 1. The third-order valence-electron chi connectivity index (χ3n) is 3.99. The first-order chi connectivity index (χ1) is 9.84. The molecule has 0 bridgehead atoms. The number of likely N-dealkylation sites (tertiary alicyclic amines) is 1. The van der Waals surface area contributed by atoms with Gasteiger partial charge in [-0.2, -0.15) is 0 Å². The highest BCUT2D eigenvalue weighted by Gasteiger charge is 2.27. The zero-order chi connectivity index (χ0) is 13.8. The Bertz CT molecular complexity index is 486. The van der Waals surface area contributed by atoms with Crippen LogP contribution in [-0.4, -0.2) is 24.2 Å². The van der Waals surface area contributed by atoms with Crippen molar-refractivity contribution in [2.24, 2.45) is 0 Å². The molecule has 1 atom stereocenters. The molecule has 2 heteroatoms. The van der Waals surface area contributed by atoms with E-state index >= 15 is 0 Å². The van der Waals surface area contributed by atoms with Gasteiger partial charge >= 0.3 is 0 Å². The van der Waals surface area contributed by atoms with Gasteiger partial charge in [-0.15, -0.1) is 0 Å². The molecule has 104 valence electrons. The van der Waals surface area contributed by atoms with Gasteiger partial charge in [0, 0.05) is 6.54 Å². The van der Waals surface area contributed by atoms with Crippen LogP contribution in [0.3, 0.4) is 0 Å². The van der Waals surface area contributed by atoms with E-state index in [9.17, 15) is 4.39 Å². The van der Waals surface area contributed by atoms with Gasteiger partial charge in [0.1, 0.15) is 6.17 Å². The summed E-state index contributed by atoms with van der Waals surface area (Å²) in [6.07, 6.45) is 0.947. The van der Waals surface area contributed by atoms with E-state index < -0.39 is 6.17 Å². The van der Waals surface area contributed by atoms with Crippen LogP contribution in [0.5, 0.6) is 0 Å². The van der Waals surface area contributed by atoms with Crippen LogP contribution in [0.4, 0.5) is 4.39 Å². The van der Waals surface area contributed by atoms with Crippen molar-refractivity contribution in [1.29, 1.82) is 0 Å². The molecular weight excluding hydrogens is 249 g/mol. The molecule has 0 saturated carbocycles. The Morgan fingerprint density at radius 1 is 0.900 bits per heavy atom. The summed E-state index contributed by atoms with van der Waals surface area (Å²) >= 11 is 0. The Morgan fingerprint density at radius 3 is 1.95 bits per heavy atom. The van der Waals surface area contributed by atoms with Gasteiger partial charge in [0.2, 0.25) is 0 Å². The lowest BCUT2D eigenvalue weighted by Crippen LogP contribution is -2.39. The summed E-state index contributed by atoms with van der Waals surface area (Å²) in [4.78, 5) is 2.28. The van der Waals surface area contributed by atoms with E-state index in [0.29, 0.717) is 13.0 Å². The van der Waals surface area contributed by atoms with E-state index in [4.69, 9.17) is 0 Å². The van der Waals surface area contributed by atoms with Gasteiger partial charge < -0.3 is 0 Å². The van der Waals surface area contributed by atoms with Crippen molar-refractivity contribution in [3.05, 3.63) is 71.8 Å². The lowest BCUT2D eigenvalue weighted by atomic mass is 9.95. The number of rotatable bonds is 3. The minimum atomic E-state index is -0.696. The molecule has 0 amide bonds. The van der Waals surface area contributed by atoms with Crippen molar-refractivity contribution in [2.75, 3.05) is 13.1 Å². The number of hydrogen-bond donors (Lipinski definition) is 0. The Labute approximate surface area is 120 Å². The quantitative estimate of drug-likeness (QED) is 0.806. The van der Waals surface area contributed by atoms with Crippen LogP contribution in [0.15, 0.2) is 60.7 Å². The number of hydrogen-bond acceptors (Lipinski definition) is 1. The molecule has 0 radical (unpaired) electrons. The van der Waals surface area contributed by atoms with Gasteiger partial charge in [-0.3, -0.25) is 4.90 Å². The third kappa shape index (κ3) is 2.91. The monoisotopic (exact) mass is 269 g/mol. The molecule has 1 fully saturated rings. The second kappa shape index (κ2) is 6.19. The van der Waals surface area contributed by atoms with Crippen molar-refractivity contribution in [3.8, 4) is 0 Å². The van der Waals surface area contributed by atoms with Gasteiger partial charge in [0.15, 0.2) is 0 Å². The summed E-state index contributed by atoms with van der Waals surface area (Å²) in [5.74, 6) is 0. The summed E-state index contributed by atoms with van der Waals surface area (Å²) < 4.78 is 13.8. The van der Waals surface area contributed by atoms with Crippen LogP contribution in [-0.2, 0) is 0 Å². The molecule has 0 unspecified atom stereocenters. The first-order valence-corrected chi connectivity index (χ1v) is 7.32. The van der Waals surface area contributed by atoms with E-state index in [1.54, 1.807) is 0 Å². The lowest BCUT2D eigenvalue weighted by Gasteiger charge is -2.36. The summed E-state index contributed by atoms with van der Waals surface area (Å²) in [5.41, 5.74) is 2.49. The van der Waals surface area contributed by atoms with Crippen LogP contribution in [0.25, 0.3) is 0 Å². The smallest absolute Gasteiger partial charge is 0.113 e. The van der Waals surface area contributed by atoms with Crippen LogP contribution in [0, 0.1) is 0 Å². The Balaban J connectivity index is 1.95. The molecule has 0 spiro atoms. The largest absolute Gasteiger partial charge is 0.289 e. The van der Waals surface area contributed by atoms with Crippen LogP contribution in [0.2, 0.25) is 0 Å². The maximum Gasteiger partial charge on any atom is 0.113 e. The highest BCUT2D eigenvalue weighted by molar-refractivity contribution is 5.31. The fraction of sp³-hybridized carbons (Fsp3) is 0.333. The van der Waals surface area contributed by atoms with Gasteiger partial charge in [-0.05, 0) is 30.5 Å². The van der Waals surface area contributed by atoms with Gasteiger partial charge in [-0.1, -0.05) is 60.7 Å². The van der Waals surface area contributed by atoms with Crippen molar-refractivity contribution in [3.63, 3.8) is 0 Å². The molecule has 0 aromatic heterocycles. The first-order valence-electron chi connectivity index (χ1n) is 7.32. The van der Waals surface area contributed by atoms with Gasteiger partial charge in [0.05, 0.1) is 6.04 Å². The zero-order valence-electron chi connectivity index (χ0n) is 11.6. The van der Waals surface area contributed by atoms with E-state index in [2.05, 4.69) is 53.4 Å². The lowest BCUT2D eigenvalue weighted by molar-refractivity contribution is 0.113. The molecule has 1 nitrogen and oxygen atoms in total. The van der Waals surface area contributed by atoms with Crippen molar-refractivity contribution >= 4 is 0 Å². The number of piperidine rings is 1. The predicted octanol–water partition coefficient (Wildman–Crippen LogP) is 4.21. The predicted molar refractivity (Wildman–Crippen MR) is 80.4 cm³/mol. The first kappa shape index (κ1) is 13.3. The fourth-order valence-corrected chi connectivity index (χ4v) is 3.07. The standard InChI is InChI=1S/C18H20FN/c19-17-12-7-13-20(14-17)18(15-8-3-1-4-9-15)16-10-5-2-6-11-16/h1-6,8-11,17-18H,7,12-14H2/t17-/m1/s1. The summed E-state index contributed by atoms with van der Waals surface area (Å²) in [7, 11) is 0. The van der Waals surface area contributed by atoms with E-state index in [1.165, 1.54) is 11.1 Å². The maximum absolute atomic E-state index is 13.8. The van der Waals surface area contributed by atoms with E-state index in [0.717, 1.165) is 13.0 Å². The van der Waals surface area contributed by atoms with Crippen molar-refractivity contribution in [1.82, 2.24) is 4.90 Å². The molecule has 3 rings (SSSR count). The Morgan fingerprint density at radius 2 is 1.45 bits per heavy atom. The van der Waals surface area contributed by atoms with Crippen molar-refractivity contribution < 1.29 is 4.39 Å². The SMILES string of the molecule is F[C@@H]1CCCN(C(c2ccccc2)c2ccccc2)C1. The topological polar surface area (TPSA) is 3.24 Å². The average Bonchev–Trinajstić information content (AvgIpc) is 2.50. The molecule has 2 aromatic rings. The molecule has 0 aliphatic carbocycles. The van der Waals surface area contributed by atoms with E-state index in [1.807, 2.05) is 12.1 Å². The van der Waals surface area contributed by atoms with Gasteiger partial charge in [0.25, 0.3) is 0 Å². The summed E-state index contributed by atoms with van der Waals surface area (Å²) in [6, 6.07) is 21.0. The third-order valence-corrected chi connectivity index (χ3v) is 3.99. The normalized spacial score (nSPS) is 20.2. The van der Waals surface area contributed by atoms with Crippen molar-refractivity contribution in [2.45, 2.75) is 25.1 Å². The Hall–Kier alpha value is -1.67. The molecular formula is C18H20FN. The molecule has 0 N–H and O–H groups in total. The second-order valence-electron chi connectivity index (χ2n) is 5.46. The number of alkyl halides is 1.